The number of rotatable bonds is 11. The van der Waals surface area contributed by atoms with Gasteiger partial charge in [-0.2, -0.15) is 0 Å². The molecule has 1 amide bonds. The summed E-state index contributed by atoms with van der Waals surface area (Å²) >= 11 is 0. The minimum absolute atomic E-state index is 0.0774. The number of ether oxygens (including phenoxy) is 2. The van der Waals surface area contributed by atoms with Gasteiger partial charge in [-0.05, 0) is 42.8 Å². The molecule has 1 heterocycles. The SMILES string of the molecule is COCCOCCCC(=O)Nc1ccc(-c2nc(-c3ccccc3)nc(-c3ccccc3O)n2)cc1. The Kier molecular flexibility index (Phi) is 8.69. The van der Waals surface area contributed by atoms with Gasteiger partial charge in [0.1, 0.15) is 5.75 Å². The molecule has 0 unspecified atom stereocenters. The zero-order valence-corrected chi connectivity index (χ0v) is 20.1. The summed E-state index contributed by atoms with van der Waals surface area (Å²) in [4.78, 5) is 26.2. The topological polar surface area (TPSA) is 106 Å². The van der Waals surface area contributed by atoms with Crippen molar-refractivity contribution in [2.75, 3.05) is 32.2 Å². The van der Waals surface area contributed by atoms with Gasteiger partial charge in [0.15, 0.2) is 17.5 Å². The van der Waals surface area contributed by atoms with Gasteiger partial charge in [0.2, 0.25) is 5.91 Å². The average Bonchev–Trinajstić information content (AvgIpc) is 2.91. The molecule has 0 aliphatic rings. The first kappa shape index (κ1) is 25.0. The molecule has 8 nitrogen and oxygen atoms in total. The fraction of sp³-hybridized carbons (Fsp3) is 0.214. The molecule has 0 fully saturated rings. The van der Waals surface area contributed by atoms with Crippen LogP contribution < -0.4 is 5.32 Å². The smallest absolute Gasteiger partial charge is 0.224 e. The van der Waals surface area contributed by atoms with E-state index in [0.717, 1.165) is 11.1 Å². The first-order chi connectivity index (χ1) is 17.6. The van der Waals surface area contributed by atoms with Crippen LogP contribution >= 0.6 is 0 Å². The molecule has 8 heteroatoms. The number of para-hydroxylation sites is 1. The van der Waals surface area contributed by atoms with E-state index in [1.165, 1.54) is 0 Å². The van der Waals surface area contributed by atoms with Crippen LogP contribution in [0.5, 0.6) is 5.75 Å². The van der Waals surface area contributed by atoms with Crippen LogP contribution in [-0.4, -0.2) is 52.9 Å². The normalized spacial score (nSPS) is 10.8. The number of hydrogen-bond donors (Lipinski definition) is 2. The van der Waals surface area contributed by atoms with E-state index in [4.69, 9.17) is 9.47 Å². The summed E-state index contributed by atoms with van der Waals surface area (Å²) in [6.07, 6.45) is 1.00. The summed E-state index contributed by atoms with van der Waals surface area (Å²) in [5.41, 5.74) is 2.81. The monoisotopic (exact) mass is 484 g/mol. The van der Waals surface area contributed by atoms with Crippen LogP contribution in [0, 0.1) is 0 Å². The van der Waals surface area contributed by atoms with E-state index in [2.05, 4.69) is 20.3 Å². The molecule has 0 radical (unpaired) electrons. The number of aromatic hydroxyl groups is 1. The van der Waals surface area contributed by atoms with Crippen molar-refractivity contribution in [2.45, 2.75) is 12.8 Å². The van der Waals surface area contributed by atoms with Crippen molar-refractivity contribution in [1.82, 2.24) is 15.0 Å². The van der Waals surface area contributed by atoms with E-state index in [1.54, 1.807) is 25.3 Å². The fourth-order valence-electron chi connectivity index (χ4n) is 3.51. The number of carbonyl (C=O) groups is 1. The maximum Gasteiger partial charge on any atom is 0.224 e. The molecule has 0 bridgehead atoms. The highest BCUT2D eigenvalue weighted by Crippen LogP contribution is 2.29. The second kappa shape index (κ2) is 12.5. The predicted octanol–water partition coefficient (Wildman–Crippen LogP) is 4.96. The van der Waals surface area contributed by atoms with Crippen molar-refractivity contribution in [1.29, 1.82) is 0 Å². The maximum atomic E-state index is 12.2. The molecule has 1 aromatic heterocycles. The zero-order valence-electron chi connectivity index (χ0n) is 20.1. The molecule has 0 aliphatic carbocycles. The third kappa shape index (κ3) is 6.71. The van der Waals surface area contributed by atoms with Crippen LogP contribution in [0.4, 0.5) is 5.69 Å². The van der Waals surface area contributed by atoms with Crippen LogP contribution in [0.25, 0.3) is 34.2 Å². The Morgan fingerprint density at radius 2 is 1.42 bits per heavy atom. The Balaban J connectivity index is 1.52. The van der Waals surface area contributed by atoms with Crippen LogP contribution in [0.15, 0.2) is 78.9 Å². The number of nitrogens with one attached hydrogen (secondary N) is 1. The number of amides is 1. The third-order valence-electron chi connectivity index (χ3n) is 5.36. The Bertz CT molecular complexity index is 1280. The lowest BCUT2D eigenvalue weighted by molar-refractivity contribution is -0.116. The van der Waals surface area contributed by atoms with Crippen LogP contribution in [0.2, 0.25) is 0 Å². The molecule has 4 aromatic rings. The number of aromatic nitrogens is 3. The summed E-state index contributed by atoms with van der Waals surface area (Å²) in [6.45, 7) is 1.58. The number of benzene rings is 3. The Morgan fingerprint density at radius 1 is 0.778 bits per heavy atom. The Morgan fingerprint density at radius 3 is 2.11 bits per heavy atom. The Hall–Kier alpha value is -4.14. The minimum Gasteiger partial charge on any atom is -0.507 e. The number of anilines is 1. The Labute approximate surface area is 210 Å². The highest BCUT2D eigenvalue weighted by molar-refractivity contribution is 5.90. The van der Waals surface area contributed by atoms with E-state index >= 15 is 0 Å². The highest BCUT2D eigenvalue weighted by Gasteiger charge is 2.14. The van der Waals surface area contributed by atoms with Crippen LogP contribution in [0.3, 0.4) is 0 Å². The molecule has 0 spiro atoms. The number of phenols is 1. The van der Waals surface area contributed by atoms with Gasteiger partial charge in [-0.25, -0.2) is 15.0 Å². The van der Waals surface area contributed by atoms with Crippen molar-refractivity contribution in [3.8, 4) is 39.9 Å². The molecule has 2 N–H and O–H groups in total. The number of carbonyl (C=O) groups excluding carboxylic acids is 1. The van der Waals surface area contributed by atoms with Crippen molar-refractivity contribution in [2.24, 2.45) is 0 Å². The quantitative estimate of drug-likeness (QED) is 0.290. The predicted molar refractivity (Wildman–Crippen MR) is 138 cm³/mol. The molecule has 0 aliphatic heterocycles. The van der Waals surface area contributed by atoms with E-state index in [1.807, 2.05) is 60.7 Å². The van der Waals surface area contributed by atoms with Crippen LogP contribution in [0.1, 0.15) is 12.8 Å². The molecule has 36 heavy (non-hydrogen) atoms. The van der Waals surface area contributed by atoms with Gasteiger partial charge in [-0.3, -0.25) is 4.79 Å². The van der Waals surface area contributed by atoms with Gasteiger partial charge in [-0.15, -0.1) is 0 Å². The second-order valence-electron chi connectivity index (χ2n) is 8.02. The molecule has 0 atom stereocenters. The number of phenolic OH excluding ortho intramolecular Hbond substituents is 1. The van der Waals surface area contributed by atoms with Crippen molar-refractivity contribution in [3.63, 3.8) is 0 Å². The van der Waals surface area contributed by atoms with Crippen molar-refractivity contribution >= 4 is 11.6 Å². The maximum absolute atomic E-state index is 12.2. The first-order valence-electron chi connectivity index (χ1n) is 11.7. The number of nitrogens with zero attached hydrogens (tertiary/aromatic N) is 3. The first-order valence-corrected chi connectivity index (χ1v) is 11.7. The van der Waals surface area contributed by atoms with Crippen LogP contribution in [-0.2, 0) is 14.3 Å². The highest BCUT2D eigenvalue weighted by atomic mass is 16.5. The summed E-state index contributed by atoms with van der Waals surface area (Å²) in [5.74, 6) is 1.36. The lowest BCUT2D eigenvalue weighted by Crippen LogP contribution is -2.12. The van der Waals surface area contributed by atoms with Gasteiger partial charge in [0.25, 0.3) is 0 Å². The number of methoxy groups -OCH3 is 1. The standard InChI is InChI=1S/C28H28N4O4/c1-35-18-19-36-17-7-12-25(34)29-22-15-13-21(14-16-22)27-30-26(20-8-3-2-4-9-20)31-28(32-27)23-10-5-6-11-24(23)33/h2-6,8-11,13-16,33H,7,12,17-19H2,1H3,(H,29,34). The summed E-state index contributed by atoms with van der Waals surface area (Å²) in [5, 5.41) is 13.3. The van der Waals surface area contributed by atoms with Gasteiger partial charge in [0, 0.05) is 37.0 Å². The van der Waals surface area contributed by atoms with E-state index in [0.29, 0.717) is 61.4 Å². The average molecular weight is 485 g/mol. The largest absolute Gasteiger partial charge is 0.507 e. The third-order valence-corrected chi connectivity index (χ3v) is 5.36. The van der Waals surface area contributed by atoms with E-state index in [9.17, 15) is 9.90 Å². The van der Waals surface area contributed by atoms with E-state index < -0.39 is 0 Å². The summed E-state index contributed by atoms with van der Waals surface area (Å²) in [7, 11) is 1.62. The van der Waals surface area contributed by atoms with Gasteiger partial charge >= 0.3 is 0 Å². The summed E-state index contributed by atoms with van der Waals surface area (Å²) in [6, 6.07) is 23.9. The van der Waals surface area contributed by atoms with Crippen molar-refractivity contribution < 1.29 is 19.4 Å². The van der Waals surface area contributed by atoms with Gasteiger partial charge in [-0.1, -0.05) is 42.5 Å². The molecule has 184 valence electrons. The molecule has 3 aromatic carbocycles. The molecule has 4 rings (SSSR count). The molecule has 0 saturated carbocycles. The second-order valence-corrected chi connectivity index (χ2v) is 8.02. The molecular formula is C28H28N4O4. The zero-order chi connectivity index (χ0) is 25.2. The van der Waals surface area contributed by atoms with Crippen molar-refractivity contribution in [3.05, 3.63) is 78.9 Å². The lowest BCUT2D eigenvalue weighted by atomic mass is 10.1. The fourth-order valence-corrected chi connectivity index (χ4v) is 3.51. The van der Waals surface area contributed by atoms with Gasteiger partial charge in [0.05, 0.1) is 18.8 Å². The molecule has 0 saturated heterocycles. The number of hydrogen-bond acceptors (Lipinski definition) is 7. The van der Waals surface area contributed by atoms with E-state index in [-0.39, 0.29) is 11.7 Å². The molecular weight excluding hydrogens is 456 g/mol. The van der Waals surface area contributed by atoms with Gasteiger partial charge < -0.3 is 19.9 Å². The lowest BCUT2D eigenvalue weighted by Gasteiger charge is -2.10. The minimum atomic E-state index is -0.0774. The summed E-state index contributed by atoms with van der Waals surface area (Å²) < 4.78 is 10.3.